The first-order chi connectivity index (χ1) is 8.63. The minimum atomic E-state index is -0.445. The zero-order valence-electron chi connectivity index (χ0n) is 10.5. The minimum Gasteiger partial charge on any atom is -0.334 e. The fourth-order valence-corrected chi connectivity index (χ4v) is 2.70. The molecule has 4 heteroatoms. The first-order valence-corrected chi connectivity index (χ1v) is 6.80. The van der Waals surface area contributed by atoms with Crippen molar-refractivity contribution in [1.29, 1.82) is 0 Å². The summed E-state index contributed by atoms with van der Waals surface area (Å²) in [6.45, 7) is 2.48. The van der Waals surface area contributed by atoms with Crippen LogP contribution in [0.3, 0.4) is 0 Å². The Bertz CT molecular complexity index is 449. The molecular weight excluding hydrogens is 253 g/mol. The van der Waals surface area contributed by atoms with E-state index in [4.69, 9.17) is 11.6 Å². The highest BCUT2D eigenvalue weighted by Crippen LogP contribution is 2.22. The van der Waals surface area contributed by atoms with Crippen molar-refractivity contribution in [3.05, 3.63) is 35.1 Å². The molecule has 1 saturated heterocycles. The molecule has 1 aliphatic rings. The Labute approximate surface area is 112 Å². The summed E-state index contributed by atoms with van der Waals surface area (Å²) < 4.78 is 13.8. The summed E-state index contributed by atoms with van der Waals surface area (Å²) in [4.78, 5) is 14.0. The highest BCUT2D eigenvalue weighted by atomic mass is 35.5. The molecular formula is C14H17ClFNO. The standard InChI is InChI=1S/C14H17ClFNO/c1-10-5-6-12(13(16)8-10)14(18)17-7-3-2-4-11(17)9-15/h5-6,8,11H,2-4,7,9H2,1H3. The predicted octanol–water partition coefficient (Wildman–Crippen LogP) is 3.37. The summed E-state index contributed by atoms with van der Waals surface area (Å²) in [6, 6.07) is 4.75. The molecule has 98 valence electrons. The fraction of sp³-hybridized carbons (Fsp3) is 0.500. The van der Waals surface area contributed by atoms with Gasteiger partial charge < -0.3 is 4.90 Å². The van der Waals surface area contributed by atoms with Gasteiger partial charge in [-0.2, -0.15) is 0 Å². The van der Waals surface area contributed by atoms with E-state index in [1.54, 1.807) is 24.0 Å². The Morgan fingerprint density at radius 1 is 1.50 bits per heavy atom. The summed E-state index contributed by atoms with van der Waals surface area (Å²) in [5.41, 5.74) is 0.967. The van der Waals surface area contributed by atoms with Crippen LogP contribution in [0.25, 0.3) is 0 Å². The molecule has 1 atom stereocenters. The lowest BCUT2D eigenvalue weighted by atomic mass is 10.0. The number of carbonyl (C=O) groups excluding carboxylic acids is 1. The van der Waals surface area contributed by atoms with Gasteiger partial charge in [0, 0.05) is 18.5 Å². The second kappa shape index (κ2) is 5.70. The fourth-order valence-electron chi connectivity index (χ4n) is 2.38. The van der Waals surface area contributed by atoms with Crippen LogP contribution in [0.2, 0.25) is 0 Å². The van der Waals surface area contributed by atoms with Crippen LogP contribution in [0.1, 0.15) is 35.2 Å². The van der Waals surface area contributed by atoms with E-state index >= 15 is 0 Å². The molecule has 0 aliphatic carbocycles. The van der Waals surface area contributed by atoms with Crippen molar-refractivity contribution in [3.8, 4) is 0 Å². The van der Waals surface area contributed by atoms with Gasteiger partial charge in [-0.25, -0.2) is 4.39 Å². The van der Waals surface area contributed by atoms with Crippen molar-refractivity contribution in [1.82, 2.24) is 4.90 Å². The van der Waals surface area contributed by atoms with Crippen LogP contribution in [-0.4, -0.2) is 29.3 Å². The number of carbonyl (C=O) groups is 1. The zero-order valence-corrected chi connectivity index (χ0v) is 11.2. The quantitative estimate of drug-likeness (QED) is 0.754. The third kappa shape index (κ3) is 2.66. The predicted molar refractivity (Wildman–Crippen MR) is 70.5 cm³/mol. The number of likely N-dealkylation sites (tertiary alicyclic amines) is 1. The Balaban J connectivity index is 2.24. The van der Waals surface area contributed by atoms with Gasteiger partial charge >= 0.3 is 0 Å². The van der Waals surface area contributed by atoms with Gasteiger partial charge in [-0.05, 0) is 43.9 Å². The Morgan fingerprint density at radius 3 is 2.94 bits per heavy atom. The second-order valence-electron chi connectivity index (χ2n) is 4.79. The average molecular weight is 270 g/mol. The number of hydrogen-bond donors (Lipinski definition) is 0. The lowest BCUT2D eigenvalue weighted by Crippen LogP contribution is -2.45. The van der Waals surface area contributed by atoms with Crippen molar-refractivity contribution < 1.29 is 9.18 Å². The number of alkyl halides is 1. The van der Waals surface area contributed by atoms with E-state index in [-0.39, 0.29) is 17.5 Å². The highest BCUT2D eigenvalue weighted by Gasteiger charge is 2.28. The van der Waals surface area contributed by atoms with E-state index in [1.807, 2.05) is 0 Å². The van der Waals surface area contributed by atoms with Crippen molar-refractivity contribution in [2.24, 2.45) is 0 Å². The Hall–Kier alpha value is -1.09. The average Bonchev–Trinajstić information content (AvgIpc) is 2.38. The number of piperidine rings is 1. The molecule has 2 nitrogen and oxygen atoms in total. The molecule has 2 rings (SSSR count). The van der Waals surface area contributed by atoms with Crippen molar-refractivity contribution in [2.75, 3.05) is 12.4 Å². The van der Waals surface area contributed by atoms with Gasteiger partial charge in [0.05, 0.1) is 5.56 Å². The maximum atomic E-state index is 13.8. The Morgan fingerprint density at radius 2 is 2.28 bits per heavy atom. The van der Waals surface area contributed by atoms with Crippen molar-refractivity contribution in [3.63, 3.8) is 0 Å². The number of aryl methyl sites for hydroxylation is 1. The van der Waals surface area contributed by atoms with Crippen LogP contribution in [0.4, 0.5) is 4.39 Å². The molecule has 0 N–H and O–H groups in total. The number of halogens is 2. The molecule has 1 aromatic carbocycles. The van der Waals surface area contributed by atoms with Crippen LogP contribution in [0, 0.1) is 12.7 Å². The van der Waals surface area contributed by atoms with E-state index in [0.717, 1.165) is 24.8 Å². The summed E-state index contributed by atoms with van der Waals surface area (Å²) >= 11 is 5.88. The lowest BCUT2D eigenvalue weighted by Gasteiger charge is -2.34. The highest BCUT2D eigenvalue weighted by molar-refractivity contribution is 6.18. The van der Waals surface area contributed by atoms with Gasteiger partial charge in [0.25, 0.3) is 5.91 Å². The number of hydrogen-bond acceptors (Lipinski definition) is 1. The molecule has 1 unspecified atom stereocenters. The summed E-state index contributed by atoms with van der Waals surface area (Å²) in [6.07, 6.45) is 2.95. The third-order valence-electron chi connectivity index (χ3n) is 3.42. The van der Waals surface area contributed by atoms with E-state index in [1.165, 1.54) is 6.07 Å². The topological polar surface area (TPSA) is 20.3 Å². The summed E-state index contributed by atoms with van der Waals surface area (Å²) in [7, 11) is 0. The van der Waals surface area contributed by atoms with E-state index < -0.39 is 5.82 Å². The molecule has 0 bridgehead atoms. The maximum absolute atomic E-state index is 13.8. The smallest absolute Gasteiger partial charge is 0.257 e. The first kappa shape index (κ1) is 13.3. The van der Waals surface area contributed by atoms with Crippen LogP contribution >= 0.6 is 11.6 Å². The molecule has 1 aliphatic heterocycles. The second-order valence-corrected chi connectivity index (χ2v) is 5.09. The maximum Gasteiger partial charge on any atom is 0.257 e. The third-order valence-corrected chi connectivity index (χ3v) is 3.78. The molecule has 0 radical (unpaired) electrons. The van der Waals surface area contributed by atoms with Crippen LogP contribution in [0.15, 0.2) is 18.2 Å². The van der Waals surface area contributed by atoms with Gasteiger partial charge in [-0.3, -0.25) is 4.79 Å². The molecule has 1 fully saturated rings. The molecule has 0 spiro atoms. The summed E-state index contributed by atoms with van der Waals surface area (Å²) in [5.74, 6) is -0.268. The zero-order chi connectivity index (χ0) is 13.1. The molecule has 1 heterocycles. The SMILES string of the molecule is Cc1ccc(C(=O)N2CCCCC2CCl)c(F)c1. The molecule has 1 amide bonds. The molecule has 1 aromatic rings. The van der Waals surface area contributed by atoms with Gasteiger partial charge in [0.15, 0.2) is 0 Å². The van der Waals surface area contributed by atoms with Gasteiger partial charge in [0.2, 0.25) is 0 Å². The molecule has 18 heavy (non-hydrogen) atoms. The Kier molecular flexibility index (Phi) is 4.23. The van der Waals surface area contributed by atoms with Gasteiger partial charge in [-0.1, -0.05) is 6.07 Å². The van der Waals surface area contributed by atoms with Gasteiger partial charge in [-0.15, -0.1) is 11.6 Å². The normalized spacial score (nSPS) is 19.9. The number of benzene rings is 1. The number of nitrogens with zero attached hydrogens (tertiary/aromatic N) is 1. The monoisotopic (exact) mass is 269 g/mol. The molecule has 0 aromatic heterocycles. The van der Waals surface area contributed by atoms with E-state index in [2.05, 4.69) is 0 Å². The van der Waals surface area contributed by atoms with Crippen LogP contribution < -0.4 is 0 Å². The van der Waals surface area contributed by atoms with E-state index in [9.17, 15) is 9.18 Å². The summed E-state index contributed by atoms with van der Waals surface area (Å²) in [5, 5.41) is 0. The van der Waals surface area contributed by atoms with E-state index in [0.29, 0.717) is 12.4 Å². The number of rotatable bonds is 2. The van der Waals surface area contributed by atoms with Crippen LogP contribution in [0.5, 0.6) is 0 Å². The lowest BCUT2D eigenvalue weighted by molar-refractivity contribution is 0.0634. The first-order valence-electron chi connectivity index (χ1n) is 6.26. The van der Waals surface area contributed by atoms with Crippen molar-refractivity contribution in [2.45, 2.75) is 32.2 Å². The van der Waals surface area contributed by atoms with Crippen molar-refractivity contribution >= 4 is 17.5 Å². The van der Waals surface area contributed by atoms with Gasteiger partial charge in [0.1, 0.15) is 5.82 Å². The number of amides is 1. The molecule has 0 saturated carbocycles. The van der Waals surface area contributed by atoms with Crippen LogP contribution in [-0.2, 0) is 0 Å². The minimum absolute atomic E-state index is 0.0358. The largest absolute Gasteiger partial charge is 0.334 e.